The lowest BCUT2D eigenvalue weighted by atomic mass is 10.1. The molecule has 0 amide bonds. The molecule has 0 aliphatic carbocycles. The van der Waals surface area contributed by atoms with Crippen molar-refractivity contribution < 1.29 is 0 Å². The van der Waals surface area contributed by atoms with Gasteiger partial charge < -0.3 is 4.90 Å². The number of thiophene rings is 1. The van der Waals surface area contributed by atoms with E-state index in [0.717, 1.165) is 22.1 Å². The molecule has 0 spiro atoms. The van der Waals surface area contributed by atoms with Gasteiger partial charge in [0.15, 0.2) is 0 Å². The first kappa shape index (κ1) is 17.3. The number of nitrogens with zero attached hydrogens (tertiary/aromatic N) is 1. The minimum atomic E-state index is 0.798. The Morgan fingerprint density at radius 1 is 0.679 bits per heavy atom. The van der Waals surface area contributed by atoms with E-state index in [9.17, 15) is 0 Å². The van der Waals surface area contributed by atoms with E-state index in [1.165, 1.54) is 25.7 Å². The fourth-order valence-electron chi connectivity index (χ4n) is 3.80. The van der Waals surface area contributed by atoms with E-state index in [1.54, 1.807) is 11.3 Å². The van der Waals surface area contributed by atoms with E-state index < -0.39 is 0 Å². The third-order valence-electron chi connectivity index (χ3n) is 5.00. The van der Waals surface area contributed by atoms with Gasteiger partial charge in [-0.2, -0.15) is 0 Å². The lowest BCUT2D eigenvalue weighted by molar-refractivity contribution is 1.29. The van der Waals surface area contributed by atoms with Gasteiger partial charge in [0.05, 0.1) is 0 Å². The highest BCUT2D eigenvalue weighted by Gasteiger charge is 2.15. The molecule has 0 aliphatic rings. The molecule has 4 aromatic carbocycles. The Morgan fingerprint density at radius 2 is 1.32 bits per heavy atom. The monoisotopic (exact) mass is 399 g/mol. The molecule has 5 aromatic rings. The van der Waals surface area contributed by atoms with Crippen LogP contribution in [0.2, 0.25) is 5.02 Å². The minimum absolute atomic E-state index is 0.798. The lowest BCUT2D eigenvalue weighted by Crippen LogP contribution is -2.09. The molecule has 0 aliphatic heterocycles. The first-order valence-corrected chi connectivity index (χ1v) is 10.4. The first-order valence-electron chi connectivity index (χ1n) is 9.23. The molecule has 136 valence electrons. The van der Waals surface area contributed by atoms with Gasteiger partial charge >= 0.3 is 0 Å². The van der Waals surface area contributed by atoms with Crippen LogP contribution in [0.25, 0.3) is 20.2 Å². The number of para-hydroxylation sites is 2. The summed E-state index contributed by atoms with van der Waals surface area (Å²) in [5.74, 6) is 0. The number of aryl methyl sites for hydroxylation is 1. The molecule has 0 radical (unpaired) electrons. The number of hydrogen-bond donors (Lipinski definition) is 0. The zero-order chi connectivity index (χ0) is 19.1. The second kappa shape index (κ2) is 6.97. The number of hydrogen-bond acceptors (Lipinski definition) is 2. The van der Waals surface area contributed by atoms with Crippen molar-refractivity contribution in [2.75, 3.05) is 4.90 Å². The van der Waals surface area contributed by atoms with Crippen LogP contribution >= 0.6 is 22.9 Å². The van der Waals surface area contributed by atoms with Gasteiger partial charge in [0.25, 0.3) is 0 Å². The standard InChI is InChI=1S/C25H18ClNS/c1-17-14-18(26)15-24-25(17)22-16-21(12-13-23(22)28-24)27(19-8-4-2-5-9-19)20-10-6-3-7-11-20/h2-16H,1H3. The van der Waals surface area contributed by atoms with Gasteiger partial charge in [0.2, 0.25) is 0 Å². The summed E-state index contributed by atoms with van der Waals surface area (Å²) in [7, 11) is 0. The highest BCUT2D eigenvalue weighted by atomic mass is 35.5. The summed E-state index contributed by atoms with van der Waals surface area (Å²) in [5.41, 5.74) is 4.66. The van der Waals surface area contributed by atoms with Crippen molar-refractivity contribution in [3.05, 3.63) is 102 Å². The molecule has 1 heterocycles. The van der Waals surface area contributed by atoms with E-state index in [2.05, 4.69) is 103 Å². The molecule has 0 bridgehead atoms. The van der Waals surface area contributed by atoms with Gasteiger partial charge in [-0.1, -0.05) is 48.0 Å². The molecule has 28 heavy (non-hydrogen) atoms. The van der Waals surface area contributed by atoms with Crippen LogP contribution in [0.3, 0.4) is 0 Å². The van der Waals surface area contributed by atoms with Crippen molar-refractivity contribution in [3.8, 4) is 0 Å². The SMILES string of the molecule is Cc1cc(Cl)cc2sc3ccc(N(c4ccccc4)c4ccccc4)cc3c12. The predicted octanol–water partition coefficient (Wildman–Crippen LogP) is 8.49. The third-order valence-corrected chi connectivity index (χ3v) is 6.34. The van der Waals surface area contributed by atoms with Crippen LogP contribution in [0, 0.1) is 6.92 Å². The average Bonchev–Trinajstić information content (AvgIpc) is 3.07. The normalized spacial score (nSPS) is 11.2. The summed E-state index contributed by atoms with van der Waals surface area (Å²) in [6.07, 6.45) is 0. The summed E-state index contributed by atoms with van der Waals surface area (Å²) in [6.45, 7) is 2.14. The zero-order valence-electron chi connectivity index (χ0n) is 15.4. The second-order valence-electron chi connectivity index (χ2n) is 6.88. The van der Waals surface area contributed by atoms with Crippen molar-refractivity contribution in [1.29, 1.82) is 0 Å². The van der Waals surface area contributed by atoms with Gasteiger partial charge in [-0.05, 0) is 67.1 Å². The molecule has 0 N–H and O–H groups in total. The third kappa shape index (κ3) is 2.95. The van der Waals surface area contributed by atoms with Gasteiger partial charge in [-0.3, -0.25) is 0 Å². The van der Waals surface area contributed by atoms with Crippen molar-refractivity contribution in [2.24, 2.45) is 0 Å². The van der Waals surface area contributed by atoms with E-state index in [1.807, 2.05) is 0 Å². The summed E-state index contributed by atoms with van der Waals surface area (Å²) in [6, 6.07) is 31.9. The molecule has 1 aromatic heterocycles. The van der Waals surface area contributed by atoms with Crippen molar-refractivity contribution in [2.45, 2.75) is 6.92 Å². The maximum absolute atomic E-state index is 6.29. The molecule has 0 saturated carbocycles. The van der Waals surface area contributed by atoms with Gasteiger partial charge in [0, 0.05) is 42.3 Å². The topological polar surface area (TPSA) is 3.24 Å². The zero-order valence-corrected chi connectivity index (χ0v) is 17.0. The Morgan fingerprint density at radius 3 is 1.96 bits per heavy atom. The molecule has 3 heteroatoms. The molecule has 0 saturated heterocycles. The van der Waals surface area contributed by atoms with E-state index >= 15 is 0 Å². The average molecular weight is 400 g/mol. The van der Waals surface area contributed by atoms with E-state index in [4.69, 9.17) is 11.6 Å². The van der Waals surface area contributed by atoms with Crippen LogP contribution in [-0.2, 0) is 0 Å². The van der Waals surface area contributed by atoms with Crippen molar-refractivity contribution in [1.82, 2.24) is 0 Å². The number of fused-ring (bicyclic) bond motifs is 3. The van der Waals surface area contributed by atoms with Crippen LogP contribution in [0.15, 0.2) is 91.0 Å². The van der Waals surface area contributed by atoms with Crippen LogP contribution in [0.5, 0.6) is 0 Å². The number of rotatable bonds is 3. The Hall–Kier alpha value is -2.81. The predicted molar refractivity (Wildman–Crippen MR) is 124 cm³/mol. The molecular weight excluding hydrogens is 382 g/mol. The van der Waals surface area contributed by atoms with Crippen LogP contribution in [0.4, 0.5) is 17.1 Å². The molecule has 0 unspecified atom stereocenters. The van der Waals surface area contributed by atoms with E-state index in [-0.39, 0.29) is 0 Å². The molecule has 0 fully saturated rings. The van der Waals surface area contributed by atoms with Crippen LogP contribution in [0.1, 0.15) is 5.56 Å². The molecular formula is C25H18ClNS. The smallest absolute Gasteiger partial charge is 0.0468 e. The highest BCUT2D eigenvalue weighted by Crippen LogP contribution is 2.42. The first-order chi connectivity index (χ1) is 13.7. The summed E-state index contributed by atoms with van der Waals surface area (Å²) in [5, 5.41) is 3.38. The van der Waals surface area contributed by atoms with Gasteiger partial charge in [0.1, 0.15) is 0 Å². The van der Waals surface area contributed by atoms with Crippen LogP contribution < -0.4 is 4.90 Å². The van der Waals surface area contributed by atoms with Crippen molar-refractivity contribution in [3.63, 3.8) is 0 Å². The quantitative estimate of drug-likeness (QED) is 0.294. The lowest BCUT2D eigenvalue weighted by Gasteiger charge is -2.25. The Labute approximate surface area is 173 Å². The fraction of sp³-hybridized carbons (Fsp3) is 0.0400. The summed E-state index contributed by atoms with van der Waals surface area (Å²) >= 11 is 8.09. The van der Waals surface area contributed by atoms with Gasteiger partial charge in [-0.15, -0.1) is 11.3 Å². The number of halogens is 1. The van der Waals surface area contributed by atoms with E-state index in [0.29, 0.717) is 0 Å². The summed E-state index contributed by atoms with van der Waals surface area (Å²) in [4.78, 5) is 2.30. The van der Waals surface area contributed by atoms with Crippen molar-refractivity contribution >= 4 is 60.2 Å². The second-order valence-corrected chi connectivity index (χ2v) is 8.41. The molecule has 0 atom stereocenters. The Bertz CT molecular complexity index is 1240. The van der Waals surface area contributed by atoms with Crippen LogP contribution in [-0.4, -0.2) is 0 Å². The number of benzene rings is 4. The maximum Gasteiger partial charge on any atom is 0.0468 e. The molecule has 1 nitrogen and oxygen atoms in total. The van der Waals surface area contributed by atoms with Gasteiger partial charge in [-0.25, -0.2) is 0 Å². The highest BCUT2D eigenvalue weighted by molar-refractivity contribution is 7.25. The Balaban J connectivity index is 1.76. The number of anilines is 3. The summed E-state index contributed by atoms with van der Waals surface area (Å²) < 4.78 is 2.52. The minimum Gasteiger partial charge on any atom is -0.310 e. The largest absolute Gasteiger partial charge is 0.310 e. The maximum atomic E-state index is 6.29. The Kier molecular flexibility index (Phi) is 4.31. The molecule has 5 rings (SSSR count). The fourth-order valence-corrected chi connectivity index (χ4v) is 5.34.